The Balaban J connectivity index is 0.000000343. The molecule has 0 bridgehead atoms. The van der Waals surface area contributed by atoms with Crippen LogP contribution >= 0.6 is 0 Å². The first kappa shape index (κ1) is 26.1. The van der Waals surface area contributed by atoms with Crippen LogP contribution in [0, 0.1) is 0 Å². The van der Waals surface area contributed by atoms with Crippen LogP contribution in [-0.2, 0) is 15.0 Å². The van der Waals surface area contributed by atoms with Crippen LogP contribution in [0.4, 0.5) is 5.69 Å². The third-order valence-corrected chi connectivity index (χ3v) is 5.21. The van der Waals surface area contributed by atoms with E-state index in [0.29, 0.717) is 23.7 Å². The van der Waals surface area contributed by atoms with E-state index in [1.165, 1.54) is 4.90 Å². The Morgan fingerprint density at radius 1 is 1.39 bits per heavy atom. The molecule has 0 atom stereocenters. The number of nitrogens with zero attached hydrogens (tertiary/aromatic N) is 2. The summed E-state index contributed by atoms with van der Waals surface area (Å²) in [5.41, 5.74) is 9.30. The first-order valence-electron chi connectivity index (χ1n) is 10.3. The van der Waals surface area contributed by atoms with Gasteiger partial charge in [0.15, 0.2) is 0 Å². The van der Waals surface area contributed by atoms with Crippen molar-refractivity contribution in [3.05, 3.63) is 36.4 Å². The molecule has 1 aliphatic heterocycles. The summed E-state index contributed by atoms with van der Waals surface area (Å²) in [6.07, 6.45) is 4.73. The van der Waals surface area contributed by atoms with Crippen LogP contribution in [-0.4, -0.2) is 43.3 Å². The lowest BCUT2D eigenvalue weighted by Gasteiger charge is -2.18. The predicted octanol–water partition coefficient (Wildman–Crippen LogP) is 1.62. The maximum Gasteiger partial charge on any atom is 0.237 e. The SMILES string of the molecule is C=C.CC1(C)C(=O)N(CC=O)c2c(O)cc(C3CC3)cc21.CNCCC/C(N)=N/NN. The minimum absolute atomic E-state index is 0.00833. The lowest BCUT2D eigenvalue weighted by molar-refractivity contribution is -0.123. The van der Waals surface area contributed by atoms with Gasteiger partial charge in [0, 0.05) is 6.42 Å². The highest BCUT2D eigenvalue weighted by atomic mass is 16.3. The number of hydrazine groups is 1. The minimum atomic E-state index is -0.680. The van der Waals surface area contributed by atoms with E-state index >= 15 is 0 Å². The van der Waals surface area contributed by atoms with Gasteiger partial charge in [-0.05, 0) is 69.8 Å². The number of amides is 1. The summed E-state index contributed by atoms with van der Waals surface area (Å²) in [5.74, 6) is 5.94. The molecule has 2 aliphatic rings. The molecule has 172 valence electrons. The molecule has 1 aromatic carbocycles. The number of carbonyl (C=O) groups is 2. The second-order valence-corrected chi connectivity index (χ2v) is 7.86. The fourth-order valence-electron chi connectivity index (χ4n) is 3.44. The number of aromatic hydroxyl groups is 1. The molecule has 0 aromatic heterocycles. The summed E-state index contributed by atoms with van der Waals surface area (Å²) in [6.45, 7) is 10.6. The number of carbonyl (C=O) groups excluding carboxylic acids is 2. The lowest BCUT2D eigenvalue weighted by Crippen LogP contribution is -2.37. The van der Waals surface area contributed by atoms with Crippen molar-refractivity contribution in [2.75, 3.05) is 25.0 Å². The van der Waals surface area contributed by atoms with E-state index in [1.54, 1.807) is 6.07 Å². The zero-order chi connectivity index (χ0) is 23.6. The lowest BCUT2D eigenvalue weighted by atomic mass is 9.85. The van der Waals surface area contributed by atoms with Crippen LogP contribution < -0.4 is 27.3 Å². The third-order valence-electron chi connectivity index (χ3n) is 5.21. The minimum Gasteiger partial charge on any atom is -0.506 e. The van der Waals surface area contributed by atoms with Crippen molar-refractivity contribution in [1.82, 2.24) is 10.9 Å². The van der Waals surface area contributed by atoms with Crippen LogP contribution in [0.15, 0.2) is 30.4 Å². The summed E-state index contributed by atoms with van der Waals surface area (Å²) in [5, 5.41) is 16.8. The number of phenols is 1. The second-order valence-electron chi connectivity index (χ2n) is 7.86. The maximum atomic E-state index is 12.4. The molecule has 7 N–H and O–H groups in total. The van der Waals surface area contributed by atoms with Gasteiger partial charge in [-0.25, -0.2) is 11.4 Å². The van der Waals surface area contributed by atoms with Gasteiger partial charge in [-0.3, -0.25) is 4.79 Å². The maximum absolute atomic E-state index is 12.4. The van der Waals surface area contributed by atoms with Gasteiger partial charge in [-0.2, -0.15) is 5.10 Å². The number of hydrogen-bond donors (Lipinski definition) is 5. The summed E-state index contributed by atoms with van der Waals surface area (Å²) in [4.78, 5) is 24.5. The number of aldehydes is 1. The molecule has 0 unspecified atom stereocenters. The average Bonchev–Trinajstić information content (AvgIpc) is 3.56. The third kappa shape index (κ3) is 6.53. The number of fused-ring (bicyclic) bond motifs is 1. The smallest absolute Gasteiger partial charge is 0.237 e. The number of benzene rings is 1. The van der Waals surface area contributed by atoms with Crippen molar-refractivity contribution >= 4 is 23.7 Å². The van der Waals surface area contributed by atoms with Gasteiger partial charge in [0.1, 0.15) is 17.9 Å². The fraction of sp³-hybridized carbons (Fsp3) is 0.500. The van der Waals surface area contributed by atoms with Crippen molar-refractivity contribution in [2.24, 2.45) is 16.7 Å². The summed E-state index contributed by atoms with van der Waals surface area (Å²) in [7, 11) is 1.90. The zero-order valence-electron chi connectivity index (χ0n) is 18.8. The first-order valence-corrected chi connectivity index (χ1v) is 10.3. The Kier molecular flexibility index (Phi) is 10.2. The zero-order valence-corrected chi connectivity index (χ0v) is 18.8. The van der Waals surface area contributed by atoms with Crippen molar-refractivity contribution in [2.45, 2.75) is 50.9 Å². The number of anilines is 1. The van der Waals surface area contributed by atoms with Crippen molar-refractivity contribution in [3.63, 3.8) is 0 Å². The molecule has 1 aromatic rings. The molecule has 3 rings (SSSR count). The molecular formula is C22H36N6O3. The molecule has 1 aliphatic carbocycles. The normalized spacial score (nSPS) is 16.5. The summed E-state index contributed by atoms with van der Waals surface area (Å²) < 4.78 is 0. The Bertz CT molecular complexity index is 790. The van der Waals surface area contributed by atoms with Crippen LogP contribution in [0.1, 0.15) is 56.6 Å². The van der Waals surface area contributed by atoms with Crippen molar-refractivity contribution < 1.29 is 14.7 Å². The molecule has 1 fully saturated rings. The standard InChI is InChI=1S/C15H17NO3.C5H15N5.C2H4/c1-15(2)11-7-10(9-3-4-9)8-12(18)13(11)16(5-6-17)14(15)19;1-8-4-2-3-5(6)9-10-7;1-2/h6-9,18H,3-5H2,1-2H3;8,10H,2-4,7H2,1H3,(H2,6,9);1-2H2. The summed E-state index contributed by atoms with van der Waals surface area (Å²) >= 11 is 0. The number of nitrogens with two attached hydrogens (primary N) is 2. The molecule has 9 nitrogen and oxygen atoms in total. The molecule has 0 spiro atoms. The van der Waals surface area contributed by atoms with Gasteiger partial charge in [0.25, 0.3) is 0 Å². The Morgan fingerprint density at radius 3 is 2.55 bits per heavy atom. The molecule has 1 amide bonds. The molecule has 1 heterocycles. The highest BCUT2D eigenvalue weighted by Crippen LogP contribution is 2.50. The number of hydrogen-bond acceptors (Lipinski definition) is 7. The summed E-state index contributed by atoms with van der Waals surface area (Å²) in [6, 6.07) is 3.76. The van der Waals surface area contributed by atoms with Gasteiger partial charge < -0.3 is 25.9 Å². The van der Waals surface area contributed by atoms with Gasteiger partial charge in [-0.1, -0.05) is 6.07 Å². The predicted molar refractivity (Wildman–Crippen MR) is 125 cm³/mol. The van der Waals surface area contributed by atoms with E-state index in [9.17, 15) is 14.7 Å². The highest BCUT2D eigenvalue weighted by Gasteiger charge is 2.46. The van der Waals surface area contributed by atoms with Gasteiger partial charge >= 0.3 is 0 Å². The average molecular weight is 433 g/mol. The Hall–Kier alpha value is -2.91. The van der Waals surface area contributed by atoms with E-state index in [1.807, 2.05) is 27.0 Å². The first-order chi connectivity index (χ1) is 14.8. The van der Waals surface area contributed by atoms with Crippen molar-refractivity contribution in [3.8, 4) is 5.75 Å². The molecule has 1 saturated carbocycles. The number of amidine groups is 1. The topological polar surface area (TPSA) is 146 Å². The Morgan fingerprint density at radius 2 is 2.03 bits per heavy atom. The number of rotatable bonds is 8. The van der Waals surface area contributed by atoms with Crippen LogP contribution in [0.2, 0.25) is 0 Å². The molecular weight excluding hydrogens is 396 g/mol. The van der Waals surface area contributed by atoms with Gasteiger partial charge in [-0.15, -0.1) is 13.2 Å². The van der Waals surface area contributed by atoms with E-state index in [0.717, 1.165) is 43.4 Å². The van der Waals surface area contributed by atoms with Gasteiger partial charge in [0.05, 0.1) is 17.6 Å². The fourth-order valence-corrected chi connectivity index (χ4v) is 3.44. The Labute approximate surface area is 184 Å². The largest absolute Gasteiger partial charge is 0.506 e. The number of phenolic OH excluding ortho intramolecular Hbond substituents is 1. The van der Waals surface area contributed by atoms with E-state index in [2.05, 4.69) is 29.1 Å². The molecule has 9 heteroatoms. The number of nitrogens with one attached hydrogen (secondary N) is 2. The second kappa shape index (κ2) is 12.1. The van der Waals surface area contributed by atoms with E-state index in [-0.39, 0.29) is 18.2 Å². The van der Waals surface area contributed by atoms with E-state index in [4.69, 9.17) is 11.6 Å². The highest BCUT2D eigenvalue weighted by molar-refractivity contribution is 6.10. The quantitative estimate of drug-likeness (QED) is 0.0798. The monoisotopic (exact) mass is 432 g/mol. The molecule has 0 saturated heterocycles. The van der Waals surface area contributed by atoms with Gasteiger partial charge in [0.2, 0.25) is 5.91 Å². The molecule has 31 heavy (non-hydrogen) atoms. The number of hydrazone groups is 1. The van der Waals surface area contributed by atoms with Crippen LogP contribution in [0.5, 0.6) is 5.75 Å². The van der Waals surface area contributed by atoms with Crippen LogP contribution in [0.3, 0.4) is 0 Å². The van der Waals surface area contributed by atoms with E-state index < -0.39 is 5.41 Å². The van der Waals surface area contributed by atoms with Crippen LogP contribution in [0.25, 0.3) is 0 Å². The molecule has 0 radical (unpaired) electrons. The van der Waals surface area contributed by atoms with Crippen molar-refractivity contribution in [1.29, 1.82) is 0 Å².